The average Bonchev–Trinajstić information content (AvgIpc) is 2.80. The van der Waals surface area contributed by atoms with Crippen molar-refractivity contribution in [1.29, 1.82) is 0 Å². The standard InChI is InChI=1S/C27H34F3NO6/c1-5-35-23(24(32)33)17-19-9-11-21(12-10-19)36-16-15-31(14-13-26(2,3)4)25(34)37-22-8-6-7-20(18-22)27(28,29)30/h6-12,18,23H,5,13-17H2,1-4H3,(H,32,33). The summed E-state index contributed by atoms with van der Waals surface area (Å²) in [4.78, 5) is 25.5. The normalized spacial score (nSPS) is 12.6. The van der Waals surface area contributed by atoms with Crippen molar-refractivity contribution in [3.05, 3.63) is 59.7 Å². The summed E-state index contributed by atoms with van der Waals surface area (Å²) in [5, 5.41) is 9.23. The molecule has 2 rings (SSSR count). The van der Waals surface area contributed by atoms with Crippen molar-refractivity contribution >= 4 is 12.1 Å². The van der Waals surface area contributed by atoms with Crippen LogP contribution in [0.15, 0.2) is 48.5 Å². The SMILES string of the molecule is CCOC(Cc1ccc(OCCN(CCC(C)(C)C)C(=O)Oc2cccc(C(F)(F)F)c2)cc1)C(=O)O. The summed E-state index contributed by atoms with van der Waals surface area (Å²) in [5.41, 5.74) is -0.216. The molecular formula is C27H34F3NO6. The number of aliphatic carboxylic acids is 1. The lowest BCUT2D eigenvalue weighted by Gasteiger charge is -2.26. The molecule has 0 saturated heterocycles. The number of carbonyl (C=O) groups is 2. The second-order valence-electron chi connectivity index (χ2n) is 9.67. The molecule has 0 aliphatic heterocycles. The van der Waals surface area contributed by atoms with E-state index in [0.717, 1.165) is 17.7 Å². The molecule has 10 heteroatoms. The van der Waals surface area contributed by atoms with Crippen molar-refractivity contribution in [2.24, 2.45) is 5.41 Å². The first-order valence-corrected chi connectivity index (χ1v) is 12.0. The van der Waals surface area contributed by atoms with Crippen molar-refractivity contribution < 1.29 is 42.1 Å². The molecule has 0 aromatic heterocycles. The molecule has 204 valence electrons. The second kappa shape index (κ2) is 13.3. The van der Waals surface area contributed by atoms with Crippen molar-refractivity contribution in [2.45, 2.75) is 52.8 Å². The number of nitrogens with zero attached hydrogens (tertiary/aromatic N) is 1. The third-order valence-electron chi connectivity index (χ3n) is 5.37. The molecule has 37 heavy (non-hydrogen) atoms. The largest absolute Gasteiger partial charge is 0.492 e. The van der Waals surface area contributed by atoms with Gasteiger partial charge in [0, 0.05) is 19.6 Å². The Kier molecular flexibility index (Phi) is 10.8. The van der Waals surface area contributed by atoms with E-state index in [2.05, 4.69) is 0 Å². The fourth-order valence-electron chi connectivity index (χ4n) is 3.29. The molecule has 0 saturated carbocycles. The summed E-state index contributed by atoms with van der Waals surface area (Å²) in [6.45, 7) is 8.68. The van der Waals surface area contributed by atoms with Crippen LogP contribution in [0.3, 0.4) is 0 Å². The molecule has 2 aromatic rings. The number of rotatable bonds is 12. The monoisotopic (exact) mass is 525 g/mol. The maximum atomic E-state index is 13.0. The summed E-state index contributed by atoms with van der Waals surface area (Å²) in [5.74, 6) is -0.701. The van der Waals surface area contributed by atoms with E-state index < -0.39 is 29.9 Å². The van der Waals surface area contributed by atoms with Gasteiger partial charge in [0.2, 0.25) is 0 Å². The minimum Gasteiger partial charge on any atom is -0.492 e. The van der Waals surface area contributed by atoms with Crippen LogP contribution in [-0.2, 0) is 22.1 Å². The van der Waals surface area contributed by atoms with Gasteiger partial charge in [0.1, 0.15) is 18.1 Å². The fraction of sp³-hybridized carbons (Fsp3) is 0.481. The Balaban J connectivity index is 2.00. The van der Waals surface area contributed by atoms with Gasteiger partial charge >= 0.3 is 18.2 Å². The van der Waals surface area contributed by atoms with E-state index in [1.54, 1.807) is 31.2 Å². The zero-order valence-corrected chi connectivity index (χ0v) is 21.5. The molecule has 0 aliphatic rings. The number of amides is 1. The first-order chi connectivity index (χ1) is 17.3. The Labute approximate surface area is 215 Å². The Morgan fingerprint density at radius 1 is 1.00 bits per heavy atom. The third kappa shape index (κ3) is 10.7. The summed E-state index contributed by atoms with van der Waals surface area (Å²) in [6, 6.07) is 11.1. The van der Waals surface area contributed by atoms with Gasteiger partial charge in [0.25, 0.3) is 0 Å². The number of ether oxygens (including phenoxy) is 3. The van der Waals surface area contributed by atoms with E-state index in [1.807, 2.05) is 20.8 Å². The number of benzene rings is 2. The van der Waals surface area contributed by atoms with Crippen LogP contribution in [0.1, 0.15) is 45.2 Å². The van der Waals surface area contributed by atoms with Crippen molar-refractivity contribution in [3.63, 3.8) is 0 Å². The Morgan fingerprint density at radius 3 is 2.24 bits per heavy atom. The number of hydrogen-bond donors (Lipinski definition) is 1. The van der Waals surface area contributed by atoms with Crippen molar-refractivity contribution in [1.82, 2.24) is 4.90 Å². The van der Waals surface area contributed by atoms with Gasteiger partial charge in [-0.15, -0.1) is 0 Å². The summed E-state index contributed by atoms with van der Waals surface area (Å²) in [7, 11) is 0. The fourth-order valence-corrected chi connectivity index (χ4v) is 3.29. The van der Waals surface area contributed by atoms with Gasteiger partial charge in [-0.05, 0) is 54.7 Å². The highest BCUT2D eigenvalue weighted by Gasteiger charge is 2.31. The first-order valence-electron chi connectivity index (χ1n) is 12.0. The minimum atomic E-state index is -4.55. The van der Waals surface area contributed by atoms with Gasteiger partial charge in [0.05, 0.1) is 12.1 Å². The summed E-state index contributed by atoms with van der Waals surface area (Å²) < 4.78 is 55.2. The van der Waals surface area contributed by atoms with Crippen LogP contribution in [-0.4, -0.2) is 54.5 Å². The molecule has 7 nitrogen and oxygen atoms in total. The number of alkyl halides is 3. The molecular weight excluding hydrogens is 491 g/mol. The second-order valence-corrected chi connectivity index (χ2v) is 9.67. The predicted molar refractivity (Wildman–Crippen MR) is 132 cm³/mol. The van der Waals surface area contributed by atoms with Crippen LogP contribution in [0, 0.1) is 5.41 Å². The first kappa shape index (κ1) is 30.0. The van der Waals surface area contributed by atoms with E-state index in [1.165, 1.54) is 17.0 Å². The Hall–Kier alpha value is -3.27. The highest BCUT2D eigenvalue weighted by molar-refractivity contribution is 5.72. The number of hydrogen-bond acceptors (Lipinski definition) is 5. The molecule has 2 aromatic carbocycles. The zero-order chi connectivity index (χ0) is 27.6. The molecule has 0 fully saturated rings. The maximum absolute atomic E-state index is 13.0. The average molecular weight is 526 g/mol. The molecule has 0 radical (unpaired) electrons. The lowest BCUT2D eigenvalue weighted by Crippen LogP contribution is -2.38. The molecule has 1 amide bonds. The summed E-state index contributed by atoms with van der Waals surface area (Å²) in [6.07, 6.45) is -5.39. The van der Waals surface area contributed by atoms with E-state index >= 15 is 0 Å². The van der Waals surface area contributed by atoms with Gasteiger partial charge in [-0.1, -0.05) is 39.0 Å². The highest BCUT2D eigenvalue weighted by Crippen LogP contribution is 2.31. The van der Waals surface area contributed by atoms with Crippen LogP contribution in [0.25, 0.3) is 0 Å². The number of carboxylic acids is 1. The van der Waals surface area contributed by atoms with Gasteiger partial charge < -0.3 is 24.2 Å². The van der Waals surface area contributed by atoms with Crippen LogP contribution in [0.2, 0.25) is 0 Å². The van der Waals surface area contributed by atoms with Crippen LogP contribution < -0.4 is 9.47 Å². The third-order valence-corrected chi connectivity index (χ3v) is 5.37. The van der Waals surface area contributed by atoms with Crippen LogP contribution in [0.5, 0.6) is 11.5 Å². The van der Waals surface area contributed by atoms with E-state index in [4.69, 9.17) is 14.2 Å². The quantitative estimate of drug-likeness (QED) is 0.363. The summed E-state index contributed by atoms with van der Waals surface area (Å²) >= 11 is 0. The Morgan fingerprint density at radius 2 is 1.68 bits per heavy atom. The molecule has 1 unspecified atom stereocenters. The van der Waals surface area contributed by atoms with E-state index in [9.17, 15) is 27.9 Å². The van der Waals surface area contributed by atoms with Crippen molar-refractivity contribution in [2.75, 3.05) is 26.3 Å². The molecule has 0 spiro atoms. The highest BCUT2D eigenvalue weighted by atomic mass is 19.4. The lowest BCUT2D eigenvalue weighted by molar-refractivity contribution is -0.150. The van der Waals surface area contributed by atoms with Crippen molar-refractivity contribution in [3.8, 4) is 11.5 Å². The number of carboxylic acid groups (broad SMARTS) is 1. The van der Waals surface area contributed by atoms with Gasteiger partial charge in [-0.2, -0.15) is 13.2 Å². The van der Waals surface area contributed by atoms with Crippen LogP contribution in [0.4, 0.5) is 18.0 Å². The molecule has 0 bridgehead atoms. The Bertz CT molecular complexity index is 1020. The van der Waals surface area contributed by atoms with E-state index in [-0.39, 0.29) is 30.7 Å². The van der Waals surface area contributed by atoms with Gasteiger partial charge in [-0.25, -0.2) is 9.59 Å². The zero-order valence-electron chi connectivity index (χ0n) is 21.5. The van der Waals surface area contributed by atoms with E-state index in [0.29, 0.717) is 25.3 Å². The van der Waals surface area contributed by atoms with Crippen LogP contribution >= 0.6 is 0 Å². The van der Waals surface area contributed by atoms with Gasteiger partial charge in [-0.3, -0.25) is 0 Å². The number of halogens is 3. The topological polar surface area (TPSA) is 85.3 Å². The predicted octanol–water partition coefficient (Wildman–Crippen LogP) is 6.05. The smallest absolute Gasteiger partial charge is 0.416 e. The molecule has 0 heterocycles. The lowest BCUT2D eigenvalue weighted by atomic mass is 9.92. The molecule has 0 aliphatic carbocycles. The maximum Gasteiger partial charge on any atom is 0.416 e. The molecule has 1 N–H and O–H groups in total. The molecule has 1 atom stereocenters. The van der Waals surface area contributed by atoms with Gasteiger partial charge in [0.15, 0.2) is 6.10 Å². The number of carbonyl (C=O) groups excluding carboxylic acids is 1. The minimum absolute atomic E-state index is 0.0826.